The van der Waals surface area contributed by atoms with Gasteiger partial charge in [-0.2, -0.15) is 0 Å². The van der Waals surface area contributed by atoms with Gasteiger partial charge in [0.05, 0.1) is 11.4 Å². The molecule has 2 unspecified atom stereocenters. The van der Waals surface area contributed by atoms with Gasteiger partial charge in [0.2, 0.25) is 0 Å². The zero-order valence-corrected chi connectivity index (χ0v) is 16.1. The molecule has 0 N–H and O–H groups in total. The van der Waals surface area contributed by atoms with Crippen LogP contribution in [0.5, 0.6) is 0 Å². The van der Waals surface area contributed by atoms with Gasteiger partial charge in [0.1, 0.15) is 5.82 Å². The van der Waals surface area contributed by atoms with Crippen molar-refractivity contribution in [2.45, 2.75) is 38.1 Å². The first-order chi connectivity index (χ1) is 13.1. The van der Waals surface area contributed by atoms with Crippen LogP contribution in [0.1, 0.15) is 43.9 Å². The topological polar surface area (TPSA) is 17.8 Å². The lowest BCUT2D eigenvalue weighted by molar-refractivity contribution is 0.404. The second-order valence-electron chi connectivity index (χ2n) is 8.45. The molecule has 1 aromatic heterocycles. The minimum atomic E-state index is -0.0695. The number of hydrogen-bond donors (Lipinski definition) is 0. The van der Waals surface area contributed by atoms with Crippen molar-refractivity contribution >= 4 is 0 Å². The summed E-state index contributed by atoms with van der Waals surface area (Å²) in [6, 6.07) is 19.4. The molecule has 2 aromatic carbocycles. The van der Waals surface area contributed by atoms with E-state index < -0.39 is 0 Å². The summed E-state index contributed by atoms with van der Waals surface area (Å²) in [5.74, 6) is 1.73. The largest absolute Gasteiger partial charge is 0.318 e. The molecule has 0 bridgehead atoms. The minimum Gasteiger partial charge on any atom is -0.318 e. The second-order valence-corrected chi connectivity index (χ2v) is 8.45. The molecule has 2 aliphatic rings. The molecule has 5 rings (SSSR count). The highest BCUT2D eigenvalue weighted by atomic mass is 15.2. The van der Waals surface area contributed by atoms with E-state index in [9.17, 15) is 0 Å². The zero-order chi connectivity index (χ0) is 18.6. The Morgan fingerprint density at radius 1 is 0.815 bits per heavy atom. The van der Waals surface area contributed by atoms with Crippen LogP contribution in [0.25, 0.3) is 22.6 Å². The molecule has 0 saturated carbocycles. The third kappa shape index (κ3) is 2.43. The smallest absolute Gasteiger partial charge is 0.141 e. The quantitative estimate of drug-likeness (QED) is 0.504. The molecular formula is C25H24N2. The predicted octanol–water partition coefficient (Wildman–Crippen LogP) is 6.28. The highest BCUT2D eigenvalue weighted by Gasteiger charge is 2.38. The van der Waals surface area contributed by atoms with E-state index in [1.807, 2.05) is 0 Å². The van der Waals surface area contributed by atoms with Crippen LogP contribution in [-0.4, -0.2) is 9.55 Å². The molecule has 0 spiro atoms. The number of imidazole rings is 1. The summed E-state index contributed by atoms with van der Waals surface area (Å²) in [5, 5.41) is 0. The third-order valence-corrected chi connectivity index (χ3v) is 5.63. The summed E-state index contributed by atoms with van der Waals surface area (Å²) in [6.45, 7) is 6.81. The number of benzene rings is 2. The molecule has 2 heteroatoms. The summed E-state index contributed by atoms with van der Waals surface area (Å²) in [4.78, 5) is 5.25. The van der Waals surface area contributed by atoms with Crippen molar-refractivity contribution in [3.63, 3.8) is 0 Å². The van der Waals surface area contributed by atoms with E-state index in [2.05, 4.69) is 104 Å². The Kier molecular flexibility index (Phi) is 3.51. The lowest BCUT2D eigenvalue weighted by Gasteiger charge is -2.34. The Morgan fingerprint density at radius 2 is 1.48 bits per heavy atom. The van der Waals surface area contributed by atoms with Crippen molar-refractivity contribution in [1.82, 2.24) is 9.55 Å². The lowest BCUT2D eigenvalue weighted by atomic mass is 9.73. The van der Waals surface area contributed by atoms with Crippen LogP contribution >= 0.6 is 0 Å². The molecule has 27 heavy (non-hydrogen) atoms. The fraction of sp³-hybridized carbons (Fsp3) is 0.240. The molecule has 134 valence electrons. The van der Waals surface area contributed by atoms with Crippen LogP contribution < -0.4 is 0 Å². The van der Waals surface area contributed by atoms with Gasteiger partial charge in [0.25, 0.3) is 0 Å². The van der Waals surface area contributed by atoms with Crippen LogP contribution in [-0.2, 0) is 5.54 Å². The van der Waals surface area contributed by atoms with Crippen molar-refractivity contribution in [3.8, 4) is 22.6 Å². The van der Waals surface area contributed by atoms with E-state index in [-0.39, 0.29) is 5.54 Å². The fourth-order valence-electron chi connectivity index (χ4n) is 4.53. The first kappa shape index (κ1) is 16.3. The molecule has 0 aliphatic heterocycles. The van der Waals surface area contributed by atoms with E-state index in [1.165, 1.54) is 28.1 Å². The van der Waals surface area contributed by atoms with Gasteiger partial charge in [-0.15, -0.1) is 0 Å². The summed E-state index contributed by atoms with van der Waals surface area (Å²) < 4.78 is 2.44. The summed E-state index contributed by atoms with van der Waals surface area (Å²) >= 11 is 0. The molecule has 0 saturated heterocycles. The molecule has 2 atom stereocenters. The number of fused-ring (bicyclic) bond motifs is 6. The molecule has 1 heterocycles. The highest BCUT2D eigenvalue weighted by Crippen LogP contribution is 2.51. The highest BCUT2D eigenvalue weighted by molar-refractivity contribution is 5.77. The van der Waals surface area contributed by atoms with Crippen LogP contribution in [0.4, 0.5) is 0 Å². The van der Waals surface area contributed by atoms with Gasteiger partial charge in [0.15, 0.2) is 0 Å². The van der Waals surface area contributed by atoms with Crippen LogP contribution in [0, 0.1) is 0 Å². The molecule has 2 aliphatic carbocycles. The summed E-state index contributed by atoms with van der Waals surface area (Å²) in [7, 11) is 0. The first-order valence-corrected chi connectivity index (χ1v) is 9.68. The first-order valence-electron chi connectivity index (χ1n) is 9.68. The van der Waals surface area contributed by atoms with Crippen molar-refractivity contribution in [2.24, 2.45) is 0 Å². The molecule has 2 nitrogen and oxygen atoms in total. The van der Waals surface area contributed by atoms with E-state index in [4.69, 9.17) is 4.98 Å². The minimum absolute atomic E-state index is 0.0695. The SMILES string of the molecule is CC(C)(C)n1c(-c2ccccc2)nc2c1-c1ccccc1C1C=CC=CC21. The van der Waals surface area contributed by atoms with Gasteiger partial charge in [0, 0.05) is 28.5 Å². The fourth-order valence-corrected chi connectivity index (χ4v) is 4.53. The zero-order valence-electron chi connectivity index (χ0n) is 16.1. The number of nitrogens with zero attached hydrogens (tertiary/aromatic N) is 2. The average Bonchev–Trinajstić information content (AvgIpc) is 3.10. The maximum absolute atomic E-state index is 5.25. The monoisotopic (exact) mass is 352 g/mol. The number of rotatable bonds is 1. The van der Waals surface area contributed by atoms with E-state index in [1.54, 1.807) is 0 Å². The Labute approximate surface area is 160 Å². The van der Waals surface area contributed by atoms with Crippen molar-refractivity contribution in [1.29, 1.82) is 0 Å². The van der Waals surface area contributed by atoms with E-state index in [0.29, 0.717) is 11.8 Å². The summed E-state index contributed by atoms with van der Waals surface area (Å²) in [6.07, 6.45) is 8.97. The number of hydrogen-bond acceptors (Lipinski definition) is 1. The Bertz CT molecular complexity index is 1060. The van der Waals surface area contributed by atoms with E-state index >= 15 is 0 Å². The van der Waals surface area contributed by atoms with Gasteiger partial charge in [-0.1, -0.05) is 78.9 Å². The molecule has 0 amide bonds. The van der Waals surface area contributed by atoms with Gasteiger partial charge in [-0.05, 0) is 26.3 Å². The normalized spacial score (nSPS) is 20.1. The van der Waals surface area contributed by atoms with Crippen LogP contribution in [0.15, 0.2) is 78.9 Å². The Morgan fingerprint density at radius 3 is 2.22 bits per heavy atom. The number of allylic oxidation sites excluding steroid dienone is 4. The maximum Gasteiger partial charge on any atom is 0.141 e. The number of aromatic nitrogens is 2. The van der Waals surface area contributed by atoms with Crippen molar-refractivity contribution < 1.29 is 0 Å². The van der Waals surface area contributed by atoms with Gasteiger partial charge in [-0.3, -0.25) is 0 Å². The maximum atomic E-state index is 5.25. The lowest BCUT2D eigenvalue weighted by Crippen LogP contribution is -2.26. The predicted molar refractivity (Wildman–Crippen MR) is 112 cm³/mol. The van der Waals surface area contributed by atoms with Gasteiger partial charge >= 0.3 is 0 Å². The summed E-state index contributed by atoms with van der Waals surface area (Å²) in [5.41, 5.74) is 6.30. The average molecular weight is 352 g/mol. The standard InChI is InChI=1S/C25H24N2/c1-25(2,3)27-23-21-16-10-8-14-19(21)18-13-7-9-15-20(18)22(23)26-24(27)17-11-5-4-6-12-17/h4-16,18,20H,1-3H3. The van der Waals surface area contributed by atoms with Crippen LogP contribution in [0.3, 0.4) is 0 Å². The van der Waals surface area contributed by atoms with Crippen molar-refractivity contribution in [2.75, 3.05) is 0 Å². The Hall–Kier alpha value is -2.87. The Balaban J connectivity index is 1.87. The molecule has 0 fully saturated rings. The molecular weight excluding hydrogens is 328 g/mol. The molecule has 0 radical (unpaired) electrons. The van der Waals surface area contributed by atoms with Crippen LogP contribution in [0.2, 0.25) is 0 Å². The van der Waals surface area contributed by atoms with Gasteiger partial charge < -0.3 is 4.57 Å². The molecule has 3 aromatic rings. The van der Waals surface area contributed by atoms with Crippen molar-refractivity contribution in [3.05, 3.63) is 90.2 Å². The third-order valence-electron chi connectivity index (χ3n) is 5.63. The second kappa shape index (κ2) is 5.82. The van der Waals surface area contributed by atoms with Gasteiger partial charge in [-0.25, -0.2) is 4.98 Å². The van der Waals surface area contributed by atoms with E-state index in [0.717, 1.165) is 5.82 Å².